The van der Waals surface area contributed by atoms with Gasteiger partial charge in [0.2, 0.25) is 0 Å². The van der Waals surface area contributed by atoms with Gasteiger partial charge in [-0.05, 0) is 168 Å². The van der Waals surface area contributed by atoms with Crippen LogP contribution in [0, 0.1) is 0 Å². The highest BCUT2D eigenvalue weighted by atomic mass is 32.1. The van der Waals surface area contributed by atoms with Crippen LogP contribution in [0.3, 0.4) is 0 Å². The van der Waals surface area contributed by atoms with E-state index in [1.807, 2.05) is 11.3 Å². The Morgan fingerprint density at radius 3 is 0.469 bits per heavy atom. The van der Waals surface area contributed by atoms with Gasteiger partial charge in [-0.15, -0.1) is 11.3 Å². The van der Waals surface area contributed by atoms with E-state index < -0.39 is 0 Å². The average Bonchev–Trinajstić information content (AvgIpc) is 3.92. The summed E-state index contributed by atoms with van der Waals surface area (Å²) in [4.78, 5) is 11.7. The lowest BCUT2D eigenvalue weighted by Gasteiger charge is -2.26. The van der Waals surface area contributed by atoms with Gasteiger partial charge in [-0.1, -0.05) is 194 Å². The van der Waals surface area contributed by atoms with Crippen molar-refractivity contribution in [2.75, 3.05) is 19.6 Å². The van der Waals surface area contributed by atoms with E-state index in [-0.39, 0.29) is 0 Å². The Morgan fingerprint density at radius 2 is 0.296 bits per heavy atom. The molecule has 0 aliphatic heterocycles. The average molecular weight is 1060 g/mol. The molecule has 0 unspecified atom stereocenters. The minimum Gasteiger partial charge on any atom is -0.311 e. The van der Waals surface area contributed by atoms with E-state index in [0.717, 1.165) is 90.5 Å². The van der Waals surface area contributed by atoms with E-state index in [9.17, 15) is 0 Å². The number of nitrogens with zero attached hydrogens (tertiary/aromatic N) is 4. The van der Waals surface area contributed by atoms with Gasteiger partial charge in [0.05, 0.1) is 0 Å². The third-order valence-corrected chi connectivity index (χ3v) is 15.9. The summed E-state index contributed by atoms with van der Waals surface area (Å²) >= 11 is 1.86. The molecular formula is C76H56N4S. The normalized spacial score (nSPS) is 11.0. The second kappa shape index (κ2) is 23.2. The fourth-order valence-corrected chi connectivity index (χ4v) is 12.2. The van der Waals surface area contributed by atoms with E-state index in [4.69, 9.17) is 0 Å². The quantitative estimate of drug-likeness (QED) is 0.0956. The SMILES string of the molecule is c1ccc(N(c2ccccc2)c2ccc(-c3sc(-c4ccc(N(c5ccccc5)c5ccccc5)cc4)c(-c4ccc(N(c5ccccc5)c5ccccc5)cc4)c3-c3ccc(N(c4ccccc4)c4ccccc4)cc3)cc2)cc1. The molecule has 386 valence electrons. The molecule has 4 nitrogen and oxygen atoms in total. The van der Waals surface area contributed by atoms with Crippen LogP contribution >= 0.6 is 11.3 Å². The Hall–Kier alpha value is -10.5. The zero-order valence-electron chi connectivity index (χ0n) is 44.5. The van der Waals surface area contributed by atoms with Crippen molar-refractivity contribution in [1.29, 1.82) is 0 Å². The lowest BCUT2D eigenvalue weighted by Crippen LogP contribution is -2.09. The number of thiophene rings is 1. The Kier molecular flexibility index (Phi) is 14.4. The number of benzene rings is 12. The molecule has 0 spiro atoms. The highest BCUT2D eigenvalue weighted by Crippen LogP contribution is 2.54. The van der Waals surface area contributed by atoms with Gasteiger partial charge in [0.15, 0.2) is 0 Å². The summed E-state index contributed by atoms with van der Waals surface area (Å²) in [5, 5.41) is 0. The fourth-order valence-electron chi connectivity index (χ4n) is 10.9. The number of rotatable bonds is 16. The van der Waals surface area contributed by atoms with Crippen LogP contribution < -0.4 is 19.6 Å². The van der Waals surface area contributed by atoms with Crippen LogP contribution in [0.5, 0.6) is 0 Å². The standard InChI is InChI=1S/C76H56N4S/c1-9-25-61(26-10-1)77(62-27-11-2-12-28-62)69-49-41-57(42-50-69)73-74(58-43-51-70(52-44-58)78(63-29-13-3-14-30-63)64-31-15-4-16-32-64)76(60-47-55-72(56-48-60)80(67-37-21-7-22-38-67)68-39-23-8-24-40-68)81-75(73)59-45-53-71(54-46-59)79(65-33-17-5-18-34-65)66-35-19-6-20-36-66/h1-56H. The van der Waals surface area contributed by atoms with Crippen LogP contribution in [0.2, 0.25) is 0 Å². The van der Waals surface area contributed by atoms with Crippen LogP contribution in [0.4, 0.5) is 68.2 Å². The van der Waals surface area contributed by atoms with Crippen LogP contribution in [-0.2, 0) is 0 Å². The van der Waals surface area contributed by atoms with E-state index in [1.165, 1.54) is 20.9 Å². The van der Waals surface area contributed by atoms with Crippen molar-refractivity contribution in [1.82, 2.24) is 0 Å². The summed E-state index contributed by atoms with van der Waals surface area (Å²) in [7, 11) is 0. The molecule has 0 N–H and O–H groups in total. The van der Waals surface area contributed by atoms with Crippen molar-refractivity contribution in [2.24, 2.45) is 0 Å². The van der Waals surface area contributed by atoms with Gasteiger partial charge < -0.3 is 19.6 Å². The Morgan fingerprint density at radius 1 is 0.148 bits per heavy atom. The zero-order valence-corrected chi connectivity index (χ0v) is 45.3. The topological polar surface area (TPSA) is 13.0 Å². The van der Waals surface area contributed by atoms with Crippen LogP contribution in [0.15, 0.2) is 340 Å². The molecule has 0 saturated carbocycles. The van der Waals surface area contributed by atoms with E-state index >= 15 is 0 Å². The highest BCUT2D eigenvalue weighted by Gasteiger charge is 2.26. The molecule has 5 heteroatoms. The summed E-state index contributed by atoms with van der Waals surface area (Å²) in [6, 6.07) is 122. The summed E-state index contributed by atoms with van der Waals surface area (Å²) in [6.07, 6.45) is 0. The molecule has 13 aromatic rings. The van der Waals surface area contributed by atoms with Crippen LogP contribution in [-0.4, -0.2) is 0 Å². The summed E-state index contributed by atoms with van der Waals surface area (Å²) in [5.74, 6) is 0. The van der Waals surface area contributed by atoms with Gasteiger partial charge in [0.25, 0.3) is 0 Å². The van der Waals surface area contributed by atoms with E-state index in [0.29, 0.717) is 0 Å². The first-order valence-electron chi connectivity index (χ1n) is 27.4. The Labute approximate surface area is 479 Å². The number of anilines is 12. The minimum atomic E-state index is 1.07. The first kappa shape index (κ1) is 50.1. The lowest BCUT2D eigenvalue weighted by atomic mass is 9.91. The second-order valence-corrected chi connectivity index (χ2v) is 20.7. The summed E-state index contributed by atoms with van der Waals surface area (Å²) < 4.78 is 0. The largest absolute Gasteiger partial charge is 0.311 e. The lowest BCUT2D eigenvalue weighted by molar-refractivity contribution is 1.28. The predicted octanol–water partition coefficient (Wildman–Crippen LogP) is 22.3. The molecule has 81 heavy (non-hydrogen) atoms. The Balaban J connectivity index is 1.01. The molecule has 1 aromatic heterocycles. The van der Waals surface area contributed by atoms with Crippen molar-refractivity contribution in [3.63, 3.8) is 0 Å². The van der Waals surface area contributed by atoms with Crippen molar-refractivity contribution >= 4 is 79.6 Å². The predicted molar refractivity (Wildman–Crippen MR) is 345 cm³/mol. The third kappa shape index (κ3) is 10.5. The molecule has 0 aliphatic rings. The number of hydrogen-bond donors (Lipinski definition) is 0. The van der Waals surface area contributed by atoms with Gasteiger partial charge >= 0.3 is 0 Å². The van der Waals surface area contributed by atoms with Gasteiger partial charge in [-0.2, -0.15) is 0 Å². The minimum absolute atomic E-state index is 1.07. The maximum Gasteiger partial charge on any atom is 0.0462 e. The molecular weight excluding hydrogens is 1000 g/mol. The van der Waals surface area contributed by atoms with Gasteiger partial charge in [0.1, 0.15) is 0 Å². The highest BCUT2D eigenvalue weighted by molar-refractivity contribution is 7.20. The number of hydrogen-bond acceptors (Lipinski definition) is 5. The zero-order chi connectivity index (χ0) is 54.2. The van der Waals surface area contributed by atoms with E-state index in [1.54, 1.807) is 0 Å². The third-order valence-electron chi connectivity index (χ3n) is 14.6. The molecule has 1 heterocycles. The van der Waals surface area contributed by atoms with Gasteiger partial charge in [-0.3, -0.25) is 0 Å². The van der Waals surface area contributed by atoms with E-state index in [2.05, 4.69) is 359 Å². The van der Waals surface area contributed by atoms with Crippen molar-refractivity contribution in [3.05, 3.63) is 340 Å². The monoisotopic (exact) mass is 1060 g/mol. The Bertz CT molecular complexity index is 3660. The first-order valence-corrected chi connectivity index (χ1v) is 28.2. The summed E-state index contributed by atoms with van der Waals surface area (Å²) in [5.41, 5.74) is 20.0. The second-order valence-electron chi connectivity index (χ2n) is 19.7. The molecule has 0 radical (unpaired) electrons. The van der Waals surface area contributed by atoms with Crippen molar-refractivity contribution < 1.29 is 0 Å². The van der Waals surface area contributed by atoms with Gasteiger partial charge in [0, 0.05) is 89.1 Å². The molecule has 0 bridgehead atoms. The maximum absolute atomic E-state index is 2.33. The summed E-state index contributed by atoms with van der Waals surface area (Å²) in [6.45, 7) is 0. The fraction of sp³-hybridized carbons (Fsp3) is 0. The number of para-hydroxylation sites is 8. The molecule has 0 aliphatic carbocycles. The van der Waals surface area contributed by atoms with Crippen LogP contribution in [0.1, 0.15) is 0 Å². The first-order chi connectivity index (χ1) is 40.2. The molecule has 0 atom stereocenters. The molecule has 0 amide bonds. The van der Waals surface area contributed by atoms with Crippen molar-refractivity contribution in [3.8, 4) is 43.1 Å². The van der Waals surface area contributed by atoms with Crippen LogP contribution in [0.25, 0.3) is 43.1 Å². The molecule has 0 fully saturated rings. The molecule has 12 aromatic carbocycles. The smallest absolute Gasteiger partial charge is 0.0462 e. The van der Waals surface area contributed by atoms with Crippen molar-refractivity contribution in [2.45, 2.75) is 0 Å². The maximum atomic E-state index is 2.33. The van der Waals surface area contributed by atoms with Gasteiger partial charge in [-0.25, -0.2) is 0 Å². The molecule has 0 saturated heterocycles. The molecule has 13 rings (SSSR count).